The molecule has 0 saturated heterocycles. The van der Waals surface area contributed by atoms with Gasteiger partial charge in [0, 0.05) is 12.7 Å². The maximum Gasteiger partial charge on any atom is 0.242 e. The van der Waals surface area contributed by atoms with E-state index in [4.69, 9.17) is 4.74 Å². The van der Waals surface area contributed by atoms with Crippen LogP contribution in [0.4, 0.5) is 0 Å². The molecule has 0 amide bonds. The Hall–Kier alpha value is -2.37. The normalized spacial score (nSPS) is 11.0. The smallest absolute Gasteiger partial charge is 0.242 e. The lowest BCUT2D eigenvalue weighted by Crippen LogP contribution is -2.08. The molecule has 0 saturated carbocycles. The molecule has 0 aliphatic carbocycles. The van der Waals surface area contributed by atoms with Gasteiger partial charge in [0.2, 0.25) is 5.88 Å². The predicted molar refractivity (Wildman–Crippen MR) is 80.4 cm³/mol. The summed E-state index contributed by atoms with van der Waals surface area (Å²) in [4.78, 5) is 4.52. The number of rotatable bonds is 5. The second-order valence-electron chi connectivity index (χ2n) is 4.73. The largest absolute Gasteiger partial charge is 0.437 e. The van der Waals surface area contributed by atoms with E-state index in [9.17, 15) is 5.11 Å². The number of aliphatic hydroxyl groups is 1. The fraction of sp³-hybridized carbons (Fsp3) is 0.188. The standard InChI is InChI=1S/C16H17N3O2/c1-17-10-14-16(18-15-7-2-3-8-19(14)15)21-13-6-4-5-12(9-13)11-20/h2-9,17,20H,10-11H2,1H3. The Bertz CT molecular complexity index is 752. The summed E-state index contributed by atoms with van der Waals surface area (Å²) in [6, 6.07) is 13.2. The maximum absolute atomic E-state index is 9.20. The molecule has 3 rings (SSSR count). The molecule has 2 aromatic heterocycles. The highest BCUT2D eigenvalue weighted by Gasteiger charge is 2.13. The van der Waals surface area contributed by atoms with E-state index in [0.29, 0.717) is 18.2 Å². The molecular weight excluding hydrogens is 266 g/mol. The zero-order chi connectivity index (χ0) is 14.7. The summed E-state index contributed by atoms with van der Waals surface area (Å²) in [5.74, 6) is 1.24. The van der Waals surface area contributed by atoms with Crippen LogP contribution in [0, 0.1) is 0 Å². The van der Waals surface area contributed by atoms with E-state index in [1.807, 2.05) is 60.1 Å². The number of pyridine rings is 1. The number of hydrogen-bond acceptors (Lipinski definition) is 4. The summed E-state index contributed by atoms with van der Waals surface area (Å²) in [5, 5.41) is 12.3. The average molecular weight is 283 g/mol. The first-order valence-corrected chi connectivity index (χ1v) is 6.80. The molecule has 0 fully saturated rings. The Balaban J connectivity index is 2.00. The van der Waals surface area contributed by atoms with E-state index in [-0.39, 0.29) is 6.61 Å². The number of fused-ring (bicyclic) bond motifs is 1. The van der Waals surface area contributed by atoms with E-state index in [0.717, 1.165) is 16.9 Å². The molecule has 0 atom stereocenters. The van der Waals surface area contributed by atoms with Crippen molar-refractivity contribution >= 4 is 5.65 Å². The number of nitrogens with one attached hydrogen (secondary N) is 1. The summed E-state index contributed by atoms with van der Waals surface area (Å²) in [6.45, 7) is 0.645. The molecule has 0 radical (unpaired) electrons. The van der Waals surface area contributed by atoms with Crippen molar-refractivity contribution in [3.05, 3.63) is 59.9 Å². The molecule has 5 heteroatoms. The van der Waals surface area contributed by atoms with Crippen molar-refractivity contribution in [1.82, 2.24) is 14.7 Å². The molecule has 0 spiro atoms. The third kappa shape index (κ3) is 2.74. The summed E-state index contributed by atoms with van der Waals surface area (Å²) >= 11 is 0. The minimum absolute atomic E-state index is 0.00820. The lowest BCUT2D eigenvalue weighted by molar-refractivity contribution is 0.281. The Kier molecular flexibility index (Phi) is 3.85. The van der Waals surface area contributed by atoms with Crippen LogP contribution >= 0.6 is 0 Å². The number of imidazole rings is 1. The number of ether oxygens (including phenoxy) is 1. The van der Waals surface area contributed by atoms with E-state index in [1.54, 1.807) is 0 Å². The van der Waals surface area contributed by atoms with Gasteiger partial charge in [-0.1, -0.05) is 18.2 Å². The Morgan fingerprint density at radius 2 is 2.14 bits per heavy atom. The van der Waals surface area contributed by atoms with Crippen LogP contribution in [0.15, 0.2) is 48.7 Å². The number of hydrogen-bond donors (Lipinski definition) is 2. The highest BCUT2D eigenvalue weighted by molar-refractivity contribution is 5.47. The Morgan fingerprint density at radius 3 is 2.95 bits per heavy atom. The molecule has 0 aliphatic heterocycles. The lowest BCUT2D eigenvalue weighted by Gasteiger charge is -2.07. The maximum atomic E-state index is 9.20. The van der Waals surface area contributed by atoms with E-state index >= 15 is 0 Å². The van der Waals surface area contributed by atoms with Gasteiger partial charge in [0.25, 0.3) is 0 Å². The van der Waals surface area contributed by atoms with Gasteiger partial charge in [-0.15, -0.1) is 0 Å². The van der Waals surface area contributed by atoms with Crippen molar-refractivity contribution < 1.29 is 9.84 Å². The van der Waals surface area contributed by atoms with Crippen LogP contribution < -0.4 is 10.1 Å². The molecule has 108 valence electrons. The summed E-state index contributed by atoms with van der Waals surface area (Å²) in [6.07, 6.45) is 1.96. The van der Waals surface area contributed by atoms with E-state index < -0.39 is 0 Å². The van der Waals surface area contributed by atoms with Gasteiger partial charge in [0.05, 0.1) is 6.61 Å². The SMILES string of the molecule is CNCc1c(Oc2cccc(CO)c2)nc2ccccn12. The molecule has 1 aromatic carbocycles. The first kappa shape index (κ1) is 13.6. The summed E-state index contributed by atoms with van der Waals surface area (Å²) in [5.41, 5.74) is 2.62. The van der Waals surface area contributed by atoms with Gasteiger partial charge in [-0.3, -0.25) is 4.40 Å². The van der Waals surface area contributed by atoms with Crippen molar-refractivity contribution in [1.29, 1.82) is 0 Å². The molecule has 0 unspecified atom stereocenters. The highest BCUT2D eigenvalue weighted by atomic mass is 16.5. The first-order chi connectivity index (χ1) is 10.3. The van der Waals surface area contributed by atoms with Gasteiger partial charge in [0.1, 0.15) is 17.1 Å². The topological polar surface area (TPSA) is 58.8 Å². The Labute approximate surface area is 122 Å². The third-order valence-electron chi connectivity index (χ3n) is 3.23. The average Bonchev–Trinajstić information content (AvgIpc) is 2.86. The molecule has 2 N–H and O–H groups in total. The van der Waals surface area contributed by atoms with Crippen molar-refractivity contribution in [2.75, 3.05) is 7.05 Å². The fourth-order valence-corrected chi connectivity index (χ4v) is 2.25. The molecule has 0 aliphatic rings. The number of aromatic nitrogens is 2. The quantitative estimate of drug-likeness (QED) is 0.754. The molecule has 21 heavy (non-hydrogen) atoms. The molecule has 3 aromatic rings. The monoisotopic (exact) mass is 283 g/mol. The minimum Gasteiger partial charge on any atom is -0.437 e. The zero-order valence-corrected chi connectivity index (χ0v) is 11.8. The van der Waals surface area contributed by atoms with Crippen molar-refractivity contribution in [3.63, 3.8) is 0 Å². The van der Waals surface area contributed by atoms with Gasteiger partial charge in [-0.2, -0.15) is 4.98 Å². The molecule has 5 nitrogen and oxygen atoms in total. The van der Waals surface area contributed by atoms with Crippen molar-refractivity contribution in [2.24, 2.45) is 0 Å². The van der Waals surface area contributed by atoms with Gasteiger partial charge >= 0.3 is 0 Å². The van der Waals surface area contributed by atoms with E-state index in [2.05, 4.69) is 10.3 Å². The van der Waals surface area contributed by atoms with Crippen LogP contribution in [-0.4, -0.2) is 21.5 Å². The van der Waals surface area contributed by atoms with Crippen LogP contribution in [0.5, 0.6) is 11.6 Å². The Morgan fingerprint density at radius 1 is 1.24 bits per heavy atom. The van der Waals surface area contributed by atoms with Gasteiger partial charge < -0.3 is 15.2 Å². The first-order valence-electron chi connectivity index (χ1n) is 6.80. The van der Waals surface area contributed by atoms with Gasteiger partial charge in [-0.25, -0.2) is 0 Å². The summed E-state index contributed by atoms with van der Waals surface area (Å²) in [7, 11) is 1.89. The van der Waals surface area contributed by atoms with Crippen LogP contribution in [-0.2, 0) is 13.2 Å². The molecule has 0 bridgehead atoms. The molecule has 2 heterocycles. The second kappa shape index (κ2) is 5.95. The lowest BCUT2D eigenvalue weighted by atomic mass is 10.2. The predicted octanol–water partition coefficient (Wildman–Crippen LogP) is 2.34. The highest BCUT2D eigenvalue weighted by Crippen LogP contribution is 2.26. The van der Waals surface area contributed by atoms with E-state index in [1.165, 1.54) is 0 Å². The minimum atomic E-state index is -0.00820. The van der Waals surface area contributed by atoms with Crippen LogP contribution in [0.25, 0.3) is 5.65 Å². The van der Waals surface area contributed by atoms with Gasteiger partial charge in [-0.05, 0) is 36.9 Å². The zero-order valence-electron chi connectivity index (χ0n) is 11.8. The number of benzene rings is 1. The van der Waals surface area contributed by atoms with Crippen LogP contribution in [0.3, 0.4) is 0 Å². The molecular formula is C16H17N3O2. The number of aliphatic hydroxyl groups excluding tert-OH is 1. The third-order valence-corrected chi connectivity index (χ3v) is 3.23. The van der Waals surface area contributed by atoms with Crippen molar-refractivity contribution in [3.8, 4) is 11.6 Å². The van der Waals surface area contributed by atoms with Crippen LogP contribution in [0.1, 0.15) is 11.3 Å². The number of nitrogens with zero attached hydrogens (tertiary/aromatic N) is 2. The second-order valence-corrected chi connectivity index (χ2v) is 4.73. The van der Waals surface area contributed by atoms with Crippen LogP contribution in [0.2, 0.25) is 0 Å². The fourth-order valence-electron chi connectivity index (χ4n) is 2.25. The van der Waals surface area contributed by atoms with Gasteiger partial charge in [0.15, 0.2) is 0 Å². The van der Waals surface area contributed by atoms with Crippen molar-refractivity contribution in [2.45, 2.75) is 13.2 Å². The summed E-state index contributed by atoms with van der Waals surface area (Å²) < 4.78 is 7.91.